The second kappa shape index (κ2) is 5.87. The first kappa shape index (κ1) is 10.1. The highest BCUT2D eigenvalue weighted by molar-refractivity contribution is 7.98. The highest BCUT2D eigenvalue weighted by Gasteiger charge is 2.03. The first-order valence-corrected chi connectivity index (χ1v) is 4.72. The highest BCUT2D eigenvalue weighted by Crippen LogP contribution is 2.04. The van der Waals surface area contributed by atoms with Crippen LogP contribution in [0.2, 0.25) is 0 Å². The molecule has 0 saturated heterocycles. The standard InChI is InChI=1S/C7H14BNS/c1-6(8)7(9-2)4-5-10-3/h7,9H,1,4-5H2,2-3H3/t7-/m0/s1. The van der Waals surface area contributed by atoms with Crippen LogP contribution in [-0.4, -0.2) is 32.9 Å². The number of likely N-dealkylation sites (N-methyl/N-ethyl adjacent to an activating group) is 1. The van der Waals surface area contributed by atoms with Crippen molar-refractivity contribution in [2.45, 2.75) is 12.5 Å². The molecule has 0 aliphatic rings. The Kier molecular flexibility index (Phi) is 5.93. The summed E-state index contributed by atoms with van der Waals surface area (Å²) in [5, 5.41) is 3.10. The van der Waals surface area contributed by atoms with Gasteiger partial charge in [0.15, 0.2) is 0 Å². The number of hydrogen-bond acceptors (Lipinski definition) is 2. The van der Waals surface area contributed by atoms with E-state index < -0.39 is 0 Å². The predicted molar refractivity (Wildman–Crippen MR) is 50.7 cm³/mol. The highest BCUT2D eigenvalue weighted by atomic mass is 32.2. The molecule has 0 spiro atoms. The van der Waals surface area contributed by atoms with E-state index in [4.69, 9.17) is 7.85 Å². The van der Waals surface area contributed by atoms with Crippen LogP contribution in [0.1, 0.15) is 6.42 Å². The summed E-state index contributed by atoms with van der Waals surface area (Å²) in [7, 11) is 7.43. The first-order chi connectivity index (χ1) is 4.72. The third-order valence-corrected chi connectivity index (χ3v) is 2.05. The van der Waals surface area contributed by atoms with Gasteiger partial charge in [0.1, 0.15) is 7.85 Å². The lowest BCUT2D eigenvalue weighted by atomic mass is 9.89. The van der Waals surface area contributed by atoms with Crippen molar-refractivity contribution in [3.63, 3.8) is 0 Å². The van der Waals surface area contributed by atoms with Crippen molar-refractivity contribution in [1.82, 2.24) is 5.32 Å². The average Bonchev–Trinajstić information content (AvgIpc) is 1.89. The molecule has 0 saturated carbocycles. The summed E-state index contributed by atoms with van der Waals surface area (Å²) in [6.45, 7) is 3.69. The van der Waals surface area contributed by atoms with Gasteiger partial charge >= 0.3 is 0 Å². The van der Waals surface area contributed by atoms with Crippen molar-refractivity contribution < 1.29 is 0 Å². The smallest absolute Gasteiger partial charge is 0.109 e. The summed E-state index contributed by atoms with van der Waals surface area (Å²) in [6, 6.07) is 0.285. The van der Waals surface area contributed by atoms with Gasteiger partial charge in [-0.05, 0) is 25.5 Å². The van der Waals surface area contributed by atoms with E-state index in [1.807, 2.05) is 18.8 Å². The maximum absolute atomic E-state index is 5.52. The summed E-state index contributed by atoms with van der Waals surface area (Å²) in [5.74, 6) is 1.13. The fourth-order valence-electron chi connectivity index (χ4n) is 0.751. The number of rotatable bonds is 5. The molecule has 0 fully saturated rings. The third kappa shape index (κ3) is 4.02. The Morgan fingerprint density at radius 1 is 1.80 bits per heavy atom. The van der Waals surface area contributed by atoms with Crippen LogP contribution in [0.15, 0.2) is 12.1 Å². The van der Waals surface area contributed by atoms with Crippen LogP contribution in [0, 0.1) is 0 Å². The van der Waals surface area contributed by atoms with Crippen LogP contribution >= 0.6 is 11.8 Å². The molecule has 0 aromatic heterocycles. The molecule has 56 valence electrons. The number of hydrogen-bond donors (Lipinski definition) is 1. The van der Waals surface area contributed by atoms with E-state index in [2.05, 4.69) is 18.2 Å². The van der Waals surface area contributed by atoms with Crippen LogP contribution in [0.3, 0.4) is 0 Å². The molecule has 0 aromatic carbocycles. The predicted octanol–water partition coefficient (Wildman–Crippen LogP) is 1.01. The van der Waals surface area contributed by atoms with E-state index in [-0.39, 0.29) is 6.04 Å². The van der Waals surface area contributed by atoms with E-state index in [0.717, 1.165) is 17.6 Å². The molecular formula is C7H14BNS. The Balaban J connectivity index is 3.50. The Morgan fingerprint density at radius 3 is 2.70 bits per heavy atom. The maximum Gasteiger partial charge on any atom is 0.109 e. The summed E-state index contributed by atoms with van der Waals surface area (Å²) in [4.78, 5) is 0. The minimum Gasteiger partial charge on any atom is -0.314 e. The molecular weight excluding hydrogens is 141 g/mol. The molecule has 0 aromatic rings. The molecule has 1 nitrogen and oxygen atoms in total. The van der Waals surface area contributed by atoms with Gasteiger partial charge in [-0.25, -0.2) is 0 Å². The molecule has 1 N–H and O–H groups in total. The minimum atomic E-state index is 0.285. The van der Waals surface area contributed by atoms with E-state index in [0.29, 0.717) is 0 Å². The van der Waals surface area contributed by atoms with Gasteiger partial charge in [0, 0.05) is 6.04 Å². The Labute approximate surface area is 69.1 Å². The molecule has 0 heterocycles. The topological polar surface area (TPSA) is 12.0 Å². The van der Waals surface area contributed by atoms with Crippen molar-refractivity contribution in [2.75, 3.05) is 19.1 Å². The van der Waals surface area contributed by atoms with E-state index >= 15 is 0 Å². The fourth-order valence-corrected chi connectivity index (χ4v) is 1.22. The van der Waals surface area contributed by atoms with Gasteiger partial charge in [-0.15, -0.1) is 12.1 Å². The van der Waals surface area contributed by atoms with Crippen molar-refractivity contribution >= 4 is 19.6 Å². The molecule has 0 rings (SSSR count). The van der Waals surface area contributed by atoms with Crippen molar-refractivity contribution in [3.05, 3.63) is 12.1 Å². The van der Waals surface area contributed by atoms with Gasteiger partial charge in [0.25, 0.3) is 0 Å². The summed E-state index contributed by atoms with van der Waals surface area (Å²) >= 11 is 1.83. The van der Waals surface area contributed by atoms with Crippen LogP contribution in [0.25, 0.3) is 0 Å². The van der Waals surface area contributed by atoms with E-state index in [1.54, 1.807) is 0 Å². The van der Waals surface area contributed by atoms with Gasteiger partial charge in [-0.3, -0.25) is 0 Å². The zero-order chi connectivity index (χ0) is 7.98. The van der Waals surface area contributed by atoms with Crippen molar-refractivity contribution in [3.8, 4) is 0 Å². The van der Waals surface area contributed by atoms with Crippen LogP contribution < -0.4 is 5.32 Å². The van der Waals surface area contributed by atoms with Crippen LogP contribution in [0.4, 0.5) is 0 Å². The zero-order valence-corrected chi connectivity index (χ0v) is 7.50. The van der Waals surface area contributed by atoms with Gasteiger partial charge in [0.2, 0.25) is 0 Å². The molecule has 0 unspecified atom stereocenters. The second-order valence-electron chi connectivity index (χ2n) is 2.20. The van der Waals surface area contributed by atoms with Gasteiger partial charge in [0.05, 0.1) is 0 Å². The minimum absolute atomic E-state index is 0.285. The number of thioether (sulfide) groups is 1. The monoisotopic (exact) mass is 155 g/mol. The Hall–Kier alpha value is 0.115. The van der Waals surface area contributed by atoms with Gasteiger partial charge in [-0.1, -0.05) is 0 Å². The van der Waals surface area contributed by atoms with Crippen molar-refractivity contribution in [1.29, 1.82) is 0 Å². The molecule has 0 bridgehead atoms. The van der Waals surface area contributed by atoms with Crippen LogP contribution in [-0.2, 0) is 0 Å². The molecule has 10 heavy (non-hydrogen) atoms. The Morgan fingerprint density at radius 2 is 2.40 bits per heavy atom. The normalized spacial score (nSPS) is 13.0. The van der Waals surface area contributed by atoms with Gasteiger partial charge < -0.3 is 5.32 Å². The molecule has 3 heteroatoms. The second-order valence-corrected chi connectivity index (χ2v) is 3.18. The maximum atomic E-state index is 5.52. The van der Waals surface area contributed by atoms with Crippen LogP contribution in [0.5, 0.6) is 0 Å². The third-order valence-electron chi connectivity index (χ3n) is 1.41. The molecule has 0 aliphatic heterocycles. The molecule has 0 aliphatic carbocycles. The molecule has 0 amide bonds. The molecule has 1 atom stereocenters. The lowest BCUT2D eigenvalue weighted by Crippen LogP contribution is -2.27. The average molecular weight is 155 g/mol. The summed E-state index contributed by atoms with van der Waals surface area (Å²) in [6.07, 6.45) is 3.15. The van der Waals surface area contributed by atoms with Crippen molar-refractivity contribution in [2.24, 2.45) is 0 Å². The lowest BCUT2D eigenvalue weighted by Gasteiger charge is -2.15. The lowest BCUT2D eigenvalue weighted by molar-refractivity contribution is 0.644. The largest absolute Gasteiger partial charge is 0.314 e. The SMILES string of the molecule is [B]C(=C)[C@H](CCSC)NC. The summed E-state index contributed by atoms with van der Waals surface area (Å²) in [5.41, 5.74) is 0.733. The quantitative estimate of drug-likeness (QED) is 0.594. The fraction of sp³-hybridized carbons (Fsp3) is 0.714. The summed E-state index contributed by atoms with van der Waals surface area (Å²) < 4.78 is 0. The zero-order valence-electron chi connectivity index (χ0n) is 6.68. The van der Waals surface area contributed by atoms with E-state index in [9.17, 15) is 0 Å². The Bertz CT molecular complexity index is 106. The van der Waals surface area contributed by atoms with E-state index in [1.165, 1.54) is 0 Å². The molecule has 2 radical (unpaired) electrons. The van der Waals surface area contributed by atoms with Gasteiger partial charge in [-0.2, -0.15) is 11.8 Å². The first-order valence-electron chi connectivity index (χ1n) is 3.32. The number of nitrogens with one attached hydrogen (secondary N) is 1.